The van der Waals surface area contributed by atoms with Gasteiger partial charge in [0.05, 0.1) is 17.7 Å². The van der Waals surface area contributed by atoms with Gasteiger partial charge in [-0.05, 0) is 55.9 Å². The van der Waals surface area contributed by atoms with Gasteiger partial charge in [0.25, 0.3) is 5.91 Å². The number of ether oxygens (including phenoxy) is 1. The molecule has 5 aliphatic rings. The lowest BCUT2D eigenvalue weighted by Crippen LogP contribution is -2.44. The molecule has 2 unspecified atom stereocenters. The van der Waals surface area contributed by atoms with Crippen molar-refractivity contribution in [1.82, 2.24) is 5.32 Å². The molecule has 5 heteroatoms. The van der Waals surface area contributed by atoms with Crippen LogP contribution in [0.3, 0.4) is 0 Å². The van der Waals surface area contributed by atoms with Crippen LogP contribution in [0.2, 0.25) is 0 Å². The second kappa shape index (κ2) is 6.98. The SMILES string of the molecule is CCOC[C@]12CC3CC1(C(=O)N=C1CCNC[C@@H]1F)C[C@@](c1ccccc1)(C3)C2. The number of carbonyl (C=O) groups excluding carboxylic acids is 1. The van der Waals surface area contributed by atoms with Crippen molar-refractivity contribution in [3.05, 3.63) is 35.9 Å². The number of piperidine rings is 1. The van der Waals surface area contributed by atoms with Gasteiger partial charge in [-0.2, -0.15) is 0 Å². The molecule has 4 nitrogen and oxygen atoms in total. The lowest BCUT2D eigenvalue weighted by atomic mass is 9.63. The number of amides is 1. The average molecular weight is 399 g/mol. The fourth-order valence-corrected chi connectivity index (χ4v) is 7.29. The Balaban J connectivity index is 1.55. The molecule has 156 valence electrons. The summed E-state index contributed by atoms with van der Waals surface area (Å²) in [5, 5.41) is 3.04. The van der Waals surface area contributed by atoms with E-state index in [-0.39, 0.29) is 23.3 Å². The van der Waals surface area contributed by atoms with Gasteiger partial charge < -0.3 is 10.1 Å². The first kappa shape index (κ1) is 19.4. The van der Waals surface area contributed by atoms with Gasteiger partial charge in [0.1, 0.15) is 0 Å². The first-order valence-corrected chi connectivity index (χ1v) is 11.1. The van der Waals surface area contributed by atoms with Crippen LogP contribution in [0.25, 0.3) is 0 Å². The minimum atomic E-state index is -1.15. The maximum atomic E-state index is 14.4. The molecule has 0 radical (unpaired) electrons. The van der Waals surface area contributed by atoms with Crippen LogP contribution in [0.5, 0.6) is 0 Å². The summed E-state index contributed by atoms with van der Waals surface area (Å²) in [5.74, 6) is 0.452. The monoisotopic (exact) mass is 398 g/mol. The maximum Gasteiger partial charge on any atom is 0.252 e. The Hall–Kier alpha value is -1.59. The number of halogens is 1. The van der Waals surface area contributed by atoms with Crippen molar-refractivity contribution in [3.8, 4) is 0 Å². The minimum Gasteiger partial charge on any atom is -0.381 e. The van der Waals surface area contributed by atoms with E-state index in [1.807, 2.05) is 6.92 Å². The molecule has 1 saturated heterocycles. The fourth-order valence-electron chi connectivity index (χ4n) is 7.29. The molecule has 6 rings (SSSR count). The predicted molar refractivity (Wildman–Crippen MR) is 111 cm³/mol. The number of nitrogens with zero attached hydrogens (tertiary/aromatic N) is 1. The van der Waals surface area contributed by atoms with Gasteiger partial charge in [-0.3, -0.25) is 4.79 Å². The molecule has 4 saturated carbocycles. The maximum absolute atomic E-state index is 14.4. The number of hydrogen-bond acceptors (Lipinski definition) is 3. The third kappa shape index (κ3) is 2.84. The van der Waals surface area contributed by atoms with Gasteiger partial charge in [0.15, 0.2) is 6.17 Å². The fraction of sp³-hybridized carbons (Fsp3) is 0.667. The lowest BCUT2D eigenvalue weighted by Gasteiger charge is -2.41. The van der Waals surface area contributed by atoms with Crippen molar-refractivity contribution in [3.63, 3.8) is 0 Å². The van der Waals surface area contributed by atoms with E-state index >= 15 is 0 Å². The number of aliphatic imine (C=N–C) groups is 1. The van der Waals surface area contributed by atoms with Gasteiger partial charge in [0, 0.05) is 31.5 Å². The van der Waals surface area contributed by atoms with Crippen molar-refractivity contribution in [1.29, 1.82) is 0 Å². The highest BCUT2D eigenvalue weighted by Crippen LogP contribution is 2.76. The Bertz CT molecular complexity index is 827. The zero-order chi connectivity index (χ0) is 20.1. The summed E-state index contributed by atoms with van der Waals surface area (Å²) in [5.41, 5.74) is 1.14. The summed E-state index contributed by atoms with van der Waals surface area (Å²) in [4.78, 5) is 18.2. The number of rotatable bonds is 5. The Labute approximate surface area is 172 Å². The molecule has 1 aromatic rings. The second-order valence-electron chi connectivity index (χ2n) is 9.81. The van der Waals surface area contributed by atoms with Crippen molar-refractivity contribution in [2.45, 2.75) is 57.0 Å². The number of benzene rings is 1. The average Bonchev–Trinajstić information content (AvgIpc) is 3.08. The van der Waals surface area contributed by atoms with Crippen molar-refractivity contribution in [2.24, 2.45) is 21.7 Å². The molecule has 5 atom stereocenters. The summed E-state index contributed by atoms with van der Waals surface area (Å²) < 4.78 is 20.4. The third-order valence-electron chi connectivity index (χ3n) is 8.19. The van der Waals surface area contributed by atoms with Crippen LogP contribution in [0.15, 0.2) is 35.3 Å². The van der Waals surface area contributed by atoms with E-state index in [9.17, 15) is 9.18 Å². The third-order valence-corrected chi connectivity index (χ3v) is 8.19. The topological polar surface area (TPSA) is 50.7 Å². The Kier molecular flexibility index (Phi) is 4.67. The quantitative estimate of drug-likeness (QED) is 0.820. The van der Waals surface area contributed by atoms with Crippen LogP contribution < -0.4 is 5.32 Å². The van der Waals surface area contributed by atoms with Gasteiger partial charge in [-0.1, -0.05) is 30.3 Å². The van der Waals surface area contributed by atoms with E-state index in [0.717, 1.165) is 32.1 Å². The van der Waals surface area contributed by atoms with E-state index in [1.54, 1.807) is 0 Å². The van der Waals surface area contributed by atoms with Gasteiger partial charge in [-0.25, -0.2) is 9.38 Å². The zero-order valence-corrected chi connectivity index (χ0v) is 17.3. The zero-order valence-electron chi connectivity index (χ0n) is 17.3. The predicted octanol–water partition coefficient (Wildman–Crippen LogP) is 3.84. The molecule has 1 aromatic carbocycles. The van der Waals surface area contributed by atoms with E-state index in [2.05, 4.69) is 40.6 Å². The number of nitrogens with one attached hydrogen (secondary N) is 1. The molecule has 1 amide bonds. The van der Waals surface area contributed by atoms with E-state index in [1.165, 1.54) is 5.56 Å². The summed E-state index contributed by atoms with van der Waals surface area (Å²) in [7, 11) is 0. The summed E-state index contributed by atoms with van der Waals surface area (Å²) in [6, 6.07) is 10.7. The number of hydrogen-bond donors (Lipinski definition) is 1. The van der Waals surface area contributed by atoms with E-state index in [4.69, 9.17) is 4.74 Å². The Morgan fingerprint density at radius 1 is 1.24 bits per heavy atom. The smallest absolute Gasteiger partial charge is 0.252 e. The van der Waals surface area contributed by atoms with Crippen LogP contribution in [-0.4, -0.2) is 44.1 Å². The molecule has 5 fully saturated rings. The molecular formula is C24H31FN2O2. The van der Waals surface area contributed by atoms with Crippen molar-refractivity contribution < 1.29 is 13.9 Å². The first-order valence-electron chi connectivity index (χ1n) is 11.1. The van der Waals surface area contributed by atoms with Crippen molar-refractivity contribution >= 4 is 11.6 Å². The summed E-state index contributed by atoms with van der Waals surface area (Å²) >= 11 is 0. The van der Waals surface area contributed by atoms with E-state index < -0.39 is 11.6 Å². The minimum absolute atomic E-state index is 0.0264. The molecule has 1 N–H and O–H groups in total. The van der Waals surface area contributed by atoms with Crippen LogP contribution in [0.4, 0.5) is 4.39 Å². The molecule has 4 bridgehead atoms. The van der Waals surface area contributed by atoms with Crippen LogP contribution in [0.1, 0.15) is 51.0 Å². The van der Waals surface area contributed by atoms with Crippen molar-refractivity contribution in [2.75, 3.05) is 26.3 Å². The highest BCUT2D eigenvalue weighted by atomic mass is 19.1. The molecule has 1 heterocycles. The largest absolute Gasteiger partial charge is 0.381 e. The van der Waals surface area contributed by atoms with Crippen LogP contribution in [-0.2, 0) is 14.9 Å². The van der Waals surface area contributed by atoms with Crippen LogP contribution >= 0.6 is 0 Å². The molecule has 29 heavy (non-hydrogen) atoms. The standard InChI is InChI=1S/C24H31FN2O2/c1-2-29-16-23-11-17-10-22(14-23,18-6-4-3-5-7-18)15-24(23,12-17)21(28)27-20-8-9-26-13-19(20)25/h3-7,17,19,26H,2,8-16H2,1H3/t17?,19-,22+,23+,24?/m0/s1. The van der Waals surface area contributed by atoms with Gasteiger partial charge >= 0.3 is 0 Å². The highest BCUT2D eigenvalue weighted by molar-refractivity contribution is 6.01. The summed E-state index contributed by atoms with van der Waals surface area (Å²) in [6.07, 6.45) is 4.26. The number of carbonyl (C=O) groups is 1. The molecular weight excluding hydrogens is 367 g/mol. The Morgan fingerprint density at radius 3 is 2.83 bits per heavy atom. The Morgan fingerprint density at radius 2 is 2.07 bits per heavy atom. The van der Waals surface area contributed by atoms with Crippen LogP contribution in [0, 0.1) is 16.7 Å². The lowest BCUT2D eigenvalue weighted by molar-refractivity contribution is -0.135. The van der Waals surface area contributed by atoms with Gasteiger partial charge in [-0.15, -0.1) is 0 Å². The van der Waals surface area contributed by atoms with Gasteiger partial charge in [0.2, 0.25) is 0 Å². The molecule has 1 aliphatic heterocycles. The molecule has 0 spiro atoms. The first-order chi connectivity index (χ1) is 14.0. The second-order valence-corrected chi connectivity index (χ2v) is 9.81. The van der Waals surface area contributed by atoms with E-state index in [0.29, 0.717) is 37.8 Å². The molecule has 4 aliphatic carbocycles. The normalized spacial score (nSPS) is 41.9. The molecule has 0 aromatic heterocycles. The summed E-state index contributed by atoms with van der Waals surface area (Å²) in [6.45, 7) is 4.24. The number of alkyl halides is 1. The highest BCUT2D eigenvalue weighted by Gasteiger charge is 2.74.